The molecule has 0 amide bonds. The van der Waals surface area contributed by atoms with Gasteiger partial charge >= 0.3 is 5.69 Å². The third kappa shape index (κ3) is 2.38. The molecule has 1 aromatic heterocycles. The van der Waals surface area contributed by atoms with E-state index in [-0.39, 0.29) is 11.4 Å². The van der Waals surface area contributed by atoms with Crippen molar-refractivity contribution in [2.45, 2.75) is 0 Å². The van der Waals surface area contributed by atoms with E-state index in [9.17, 15) is 10.1 Å². The lowest BCUT2D eigenvalue weighted by molar-refractivity contribution is -0.386. The summed E-state index contributed by atoms with van der Waals surface area (Å²) in [6.07, 6.45) is 1.23. The van der Waals surface area contributed by atoms with Crippen molar-refractivity contribution in [3.05, 3.63) is 40.6 Å². The molecule has 2 aromatic rings. The van der Waals surface area contributed by atoms with Gasteiger partial charge in [-0.1, -0.05) is 12.1 Å². The van der Waals surface area contributed by atoms with Crippen molar-refractivity contribution in [1.82, 2.24) is 10.3 Å². The van der Waals surface area contributed by atoms with Crippen LogP contribution in [0.1, 0.15) is 0 Å². The number of benzene rings is 1. The summed E-state index contributed by atoms with van der Waals surface area (Å²) in [5.74, 6) is 0.279. The summed E-state index contributed by atoms with van der Waals surface area (Å²) in [5, 5.41) is 14.5. The summed E-state index contributed by atoms with van der Waals surface area (Å²) in [4.78, 5) is 14.5. The third-order valence-electron chi connectivity index (χ3n) is 2.50. The summed E-state index contributed by atoms with van der Waals surface area (Å²) in [6, 6.07) is 7.20. The molecule has 0 aliphatic rings. The summed E-state index contributed by atoms with van der Waals surface area (Å²) in [6.45, 7) is 0.985. The van der Waals surface area contributed by atoms with E-state index in [4.69, 9.17) is 4.74 Å². The maximum Gasteiger partial charge on any atom is 0.329 e. The number of nitro groups is 1. The van der Waals surface area contributed by atoms with Gasteiger partial charge in [-0.15, -0.1) is 0 Å². The van der Waals surface area contributed by atoms with Gasteiger partial charge < -0.3 is 10.1 Å². The minimum Gasteiger partial charge on any atom is -0.485 e. The Morgan fingerprint density at radius 3 is 2.94 bits per heavy atom. The Labute approximate surface area is 104 Å². The molecule has 0 bridgehead atoms. The maximum atomic E-state index is 11.0. The minimum atomic E-state index is -0.478. The number of nitrogens with zero attached hydrogens (tertiary/aromatic N) is 2. The van der Waals surface area contributed by atoms with Gasteiger partial charge in [0.1, 0.15) is 12.8 Å². The van der Waals surface area contributed by atoms with Crippen LogP contribution in [0.5, 0.6) is 5.75 Å². The normalized spacial score (nSPS) is 10.5. The van der Waals surface area contributed by atoms with Crippen LogP contribution in [0, 0.1) is 10.1 Å². The Morgan fingerprint density at radius 1 is 1.44 bits per heavy atom. The molecule has 94 valence electrons. The predicted molar refractivity (Wildman–Crippen MR) is 67.8 cm³/mol. The fourth-order valence-corrected chi connectivity index (χ4v) is 1.64. The topological polar surface area (TPSA) is 77.3 Å². The summed E-state index contributed by atoms with van der Waals surface area (Å²) in [7, 11) is 1.79. The van der Waals surface area contributed by atoms with Crippen LogP contribution in [0.15, 0.2) is 30.5 Å². The number of ether oxygens (including phenoxy) is 1. The molecule has 1 aromatic carbocycles. The Hall–Kier alpha value is -2.21. The molecule has 18 heavy (non-hydrogen) atoms. The van der Waals surface area contributed by atoms with E-state index < -0.39 is 4.92 Å². The quantitative estimate of drug-likeness (QED) is 0.494. The predicted octanol–water partition coefficient (Wildman–Crippen LogP) is 1.74. The summed E-state index contributed by atoms with van der Waals surface area (Å²) in [5.41, 5.74) is 0.576. The molecular formula is C12H13N3O3. The van der Waals surface area contributed by atoms with Crippen LogP contribution in [0.2, 0.25) is 0 Å². The highest BCUT2D eigenvalue weighted by molar-refractivity contribution is 5.88. The largest absolute Gasteiger partial charge is 0.485 e. The first-order valence-electron chi connectivity index (χ1n) is 5.53. The van der Waals surface area contributed by atoms with Crippen LogP contribution < -0.4 is 10.1 Å². The Morgan fingerprint density at radius 2 is 2.22 bits per heavy atom. The Balaban J connectivity index is 2.48. The molecule has 0 saturated heterocycles. The highest BCUT2D eigenvalue weighted by atomic mass is 16.6. The van der Waals surface area contributed by atoms with Crippen molar-refractivity contribution < 1.29 is 9.66 Å². The first kappa shape index (κ1) is 12.3. The lowest BCUT2D eigenvalue weighted by Gasteiger charge is -2.08. The van der Waals surface area contributed by atoms with E-state index in [0.717, 1.165) is 0 Å². The number of fused-ring (bicyclic) bond motifs is 1. The molecule has 2 rings (SSSR count). The molecule has 0 atom stereocenters. The second-order valence-electron chi connectivity index (χ2n) is 3.70. The molecule has 0 radical (unpaired) electrons. The van der Waals surface area contributed by atoms with Crippen LogP contribution >= 0.6 is 0 Å². The van der Waals surface area contributed by atoms with Crippen LogP contribution in [0.3, 0.4) is 0 Å². The zero-order valence-corrected chi connectivity index (χ0v) is 9.92. The highest BCUT2D eigenvalue weighted by Crippen LogP contribution is 2.33. The molecule has 1 heterocycles. The molecule has 6 nitrogen and oxygen atoms in total. The number of hydrogen-bond acceptors (Lipinski definition) is 5. The van der Waals surface area contributed by atoms with Gasteiger partial charge in [0.05, 0.1) is 10.4 Å². The number of para-hydroxylation sites is 1. The fourth-order valence-electron chi connectivity index (χ4n) is 1.64. The van der Waals surface area contributed by atoms with E-state index in [1.165, 1.54) is 6.20 Å². The third-order valence-corrected chi connectivity index (χ3v) is 2.50. The Kier molecular flexibility index (Phi) is 3.69. The van der Waals surface area contributed by atoms with Gasteiger partial charge in [-0.05, 0) is 19.2 Å². The molecule has 0 unspecified atom stereocenters. The minimum absolute atomic E-state index is 0.107. The van der Waals surface area contributed by atoms with E-state index in [1.807, 2.05) is 6.07 Å². The number of aromatic nitrogens is 1. The Bertz CT molecular complexity index is 571. The van der Waals surface area contributed by atoms with E-state index in [2.05, 4.69) is 10.3 Å². The van der Waals surface area contributed by atoms with Gasteiger partial charge in [0.2, 0.25) is 5.75 Å². The SMILES string of the molecule is CNCCOc1c([N+](=O)[O-])cnc2ccccc12. The van der Waals surface area contributed by atoms with Gasteiger partial charge in [-0.25, -0.2) is 4.98 Å². The van der Waals surface area contributed by atoms with Crippen LogP contribution in [0.4, 0.5) is 5.69 Å². The molecule has 0 aliphatic carbocycles. The molecule has 1 N–H and O–H groups in total. The smallest absolute Gasteiger partial charge is 0.329 e. The van der Waals surface area contributed by atoms with Crippen molar-refractivity contribution >= 4 is 16.6 Å². The van der Waals surface area contributed by atoms with Gasteiger partial charge in [0, 0.05) is 11.9 Å². The van der Waals surface area contributed by atoms with Gasteiger partial charge in [0.15, 0.2) is 0 Å². The average molecular weight is 247 g/mol. The number of pyridine rings is 1. The van der Waals surface area contributed by atoms with Crippen molar-refractivity contribution in [1.29, 1.82) is 0 Å². The second kappa shape index (κ2) is 5.42. The summed E-state index contributed by atoms with van der Waals surface area (Å²) >= 11 is 0. The van der Waals surface area contributed by atoms with E-state index in [1.54, 1.807) is 25.2 Å². The average Bonchev–Trinajstić information content (AvgIpc) is 2.38. The van der Waals surface area contributed by atoms with Gasteiger partial charge in [0.25, 0.3) is 0 Å². The number of likely N-dealkylation sites (N-methyl/N-ethyl adjacent to an activating group) is 1. The molecular weight excluding hydrogens is 234 g/mol. The van der Waals surface area contributed by atoms with E-state index in [0.29, 0.717) is 24.1 Å². The lowest BCUT2D eigenvalue weighted by atomic mass is 10.2. The number of nitrogens with one attached hydrogen (secondary N) is 1. The standard InChI is InChI=1S/C12H13N3O3/c1-13-6-7-18-12-9-4-2-3-5-10(9)14-8-11(12)15(16)17/h2-5,8,13H,6-7H2,1H3. The molecule has 0 aliphatic heterocycles. The maximum absolute atomic E-state index is 11.0. The first-order valence-corrected chi connectivity index (χ1v) is 5.53. The number of rotatable bonds is 5. The van der Waals surface area contributed by atoms with Crippen LogP contribution in [-0.2, 0) is 0 Å². The van der Waals surface area contributed by atoms with Gasteiger partial charge in [-0.3, -0.25) is 10.1 Å². The van der Waals surface area contributed by atoms with Crippen molar-refractivity contribution in [2.24, 2.45) is 0 Å². The zero-order valence-electron chi connectivity index (χ0n) is 9.92. The molecule has 0 saturated carbocycles. The van der Waals surface area contributed by atoms with E-state index >= 15 is 0 Å². The molecule has 0 fully saturated rings. The van der Waals surface area contributed by atoms with Crippen molar-refractivity contribution in [3.63, 3.8) is 0 Å². The van der Waals surface area contributed by atoms with Gasteiger partial charge in [-0.2, -0.15) is 0 Å². The molecule has 6 heteroatoms. The first-order chi connectivity index (χ1) is 8.74. The van der Waals surface area contributed by atoms with Crippen LogP contribution in [-0.4, -0.2) is 30.1 Å². The summed E-state index contributed by atoms with van der Waals surface area (Å²) < 4.78 is 5.51. The lowest BCUT2D eigenvalue weighted by Crippen LogP contribution is -2.16. The van der Waals surface area contributed by atoms with Crippen LogP contribution in [0.25, 0.3) is 10.9 Å². The fraction of sp³-hybridized carbons (Fsp3) is 0.250. The highest BCUT2D eigenvalue weighted by Gasteiger charge is 2.19. The zero-order chi connectivity index (χ0) is 13.0. The monoisotopic (exact) mass is 247 g/mol. The second-order valence-corrected chi connectivity index (χ2v) is 3.70. The van der Waals surface area contributed by atoms with Crippen molar-refractivity contribution in [2.75, 3.05) is 20.2 Å². The van der Waals surface area contributed by atoms with Crippen molar-refractivity contribution in [3.8, 4) is 5.75 Å². The number of hydrogen-bond donors (Lipinski definition) is 1. The molecule has 0 spiro atoms.